The van der Waals surface area contributed by atoms with Gasteiger partial charge in [-0.3, -0.25) is 4.79 Å². The number of carbonyl (C=O) groups is 1. The lowest BCUT2D eigenvalue weighted by Gasteiger charge is -2.48. The summed E-state index contributed by atoms with van der Waals surface area (Å²) >= 11 is 0. The van der Waals surface area contributed by atoms with Crippen LogP contribution in [-0.2, 0) is 11.2 Å². The molecular formula is C21H27N5O. The normalized spacial score (nSPS) is 23.0. The van der Waals surface area contributed by atoms with Gasteiger partial charge in [-0.25, -0.2) is 9.97 Å². The maximum Gasteiger partial charge on any atom is 0.222 e. The van der Waals surface area contributed by atoms with Crippen molar-refractivity contribution in [2.24, 2.45) is 5.41 Å². The SMILES string of the molecule is Nc1cc(N2CCCC3(CCC(=O)N(CCc4ccccc4)C3)C2)ncn1. The number of nitrogens with zero attached hydrogens (tertiary/aromatic N) is 4. The molecule has 2 aliphatic heterocycles. The van der Waals surface area contributed by atoms with Gasteiger partial charge in [0.1, 0.15) is 18.0 Å². The van der Waals surface area contributed by atoms with E-state index in [2.05, 4.69) is 44.0 Å². The third kappa shape index (κ3) is 4.04. The number of hydrogen-bond donors (Lipinski definition) is 1. The highest BCUT2D eigenvalue weighted by molar-refractivity contribution is 5.77. The van der Waals surface area contributed by atoms with E-state index < -0.39 is 0 Å². The van der Waals surface area contributed by atoms with E-state index in [0.29, 0.717) is 18.1 Å². The zero-order chi connectivity index (χ0) is 18.7. The Morgan fingerprint density at radius 3 is 2.78 bits per heavy atom. The molecule has 0 bridgehead atoms. The van der Waals surface area contributed by atoms with Gasteiger partial charge in [-0.1, -0.05) is 30.3 Å². The van der Waals surface area contributed by atoms with Crippen molar-refractivity contribution in [2.45, 2.75) is 32.1 Å². The third-order valence-electron chi connectivity index (χ3n) is 5.92. The number of aromatic nitrogens is 2. The second kappa shape index (κ2) is 7.55. The van der Waals surface area contributed by atoms with Crippen LogP contribution in [0.5, 0.6) is 0 Å². The maximum absolute atomic E-state index is 12.5. The second-order valence-electron chi connectivity index (χ2n) is 7.88. The highest BCUT2D eigenvalue weighted by atomic mass is 16.2. The number of rotatable bonds is 4. The van der Waals surface area contributed by atoms with Crippen LogP contribution in [0, 0.1) is 5.41 Å². The minimum Gasteiger partial charge on any atom is -0.384 e. The van der Waals surface area contributed by atoms with E-state index in [4.69, 9.17) is 5.73 Å². The lowest BCUT2D eigenvalue weighted by Crippen LogP contribution is -2.54. The first-order chi connectivity index (χ1) is 13.1. The molecule has 4 rings (SSSR count). The van der Waals surface area contributed by atoms with E-state index in [1.165, 1.54) is 18.3 Å². The van der Waals surface area contributed by atoms with E-state index in [0.717, 1.165) is 51.3 Å². The monoisotopic (exact) mass is 365 g/mol. The molecule has 1 aromatic carbocycles. The fraction of sp³-hybridized carbons (Fsp3) is 0.476. The van der Waals surface area contributed by atoms with Crippen molar-refractivity contribution in [3.63, 3.8) is 0 Å². The number of likely N-dealkylation sites (tertiary alicyclic amines) is 1. The first kappa shape index (κ1) is 17.8. The van der Waals surface area contributed by atoms with Crippen LogP contribution in [0.2, 0.25) is 0 Å². The van der Waals surface area contributed by atoms with E-state index in [1.807, 2.05) is 12.1 Å². The Kier molecular flexibility index (Phi) is 4.97. The van der Waals surface area contributed by atoms with Crippen LogP contribution in [0.3, 0.4) is 0 Å². The summed E-state index contributed by atoms with van der Waals surface area (Å²) in [5, 5.41) is 0. The van der Waals surface area contributed by atoms with Gasteiger partial charge in [0.15, 0.2) is 0 Å². The van der Waals surface area contributed by atoms with Crippen molar-refractivity contribution in [3.05, 3.63) is 48.3 Å². The van der Waals surface area contributed by atoms with Crippen molar-refractivity contribution >= 4 is 17.5 Å². The molecule has 1 atom stereocenters. The summed E-state index contributed by atoms with van der Waals surface area (Å²) in [7, 11) is 0. The van der Waals surface area contributed by atoms with Crippen LogP contribution in [0.15, 0.2) is 42.7 Å². The molecule has 2 N–H and O–H groups in total. The standard InChI is InChI=1S/C21H27N5O/c22-18-13-19(24-16-23-18)25-11-4-9-21(14-25)10-7-20(27)26(15-21)12-8-17-5-2-1-3-6-17/h1-3,5-6,13,16H,4,7-12,14-15H2,(H2,22,23,24). The van der Waals surface area contributed by atoms with Crippen molar-refractivity contribution in [1.29, 1.82) is 0 Å². The van der Waals surface area contributed by atoms with Crippen LogP contribution in [0.1, 0.15) is 31.2 Å². The lowest BCUT2D eigenvalue weighted by atomic mass is 9.73. The fourth-order valence-electron chi connectivity index (χ4n) is 4.49. The fourth-order valence-corrected chi connectivity index (χ4v) is 4.49. The van der Waals surface area contributed by atoms with E-state index in [-0.39, 0.29) is 5.41 Å². The van der Waals surface area contributed by atoms with Crippen molar-refractivity contribution in [2.75, 3.05) is 36.8 Å². The molecule has 2 aromatic rings. The van der Waals surface area contributed by atoms with Gasteiger partial charge in [0, 0.05) is 44.1 Å². The van der Waals surface area contributed by atoms with Crippen molar-refractivity contribution in [1.82, 2.24) is 14.9 Å². The third-order valence-corrected chi connectivity index (χ3v) is 5.92. The van der Waals surface area contributed by atoms with Crippen molar-refractivity contribution < 1.29 is 4.79 Å². The molecule has 27 heavy (non-hydrogen) atoms. The Morgan fingerprint density at radius 1 is 1.11 bits per heavy atom. The predicted octanol–water partition coefficient (Wildman–Crippen LogP) is 2.51. The summed E-state index contributed by atoms with van der Waals surface area (Å²) < 4.78 is 0. The number of amides is 1. The summed E-state index contributed by atoms with van der Waals surface area (Å²) in [5.74, 6) is 1.69. The molecule has 0 radical (unpaired) electrons. The summed E-state index contributed by atoms with van der Waals surface area (Å²) in [6.07, 6.45) is 6.33. The average Bonchev–Trinajstić information content (AvgIpc) is 2.70. The zero-order valence-electron chi connectivity index (χ0n) is 15.7. The minimum absolute atomic E-state index is 0.155. The average molecular weight is 365 g/mol. The van der Waals surface area contributed by atoms with Gasteiger partial charge in [0.05, 0.1) is 0 Å². The highest BCUT2D eigenvalue weighted by Crippen LogP contribution is 2.40. The topological polar surface area (TPSA) is 75.3 Å². The number of nitrogens with two attached hydrogens (primary N) is 1. The number of benzene rings is 1. The molecule has 2 saturated heterocycles. The molecule has 0 aliphatic carbocycles. The summed E-state index contributed by atoms with van der Waals surface area (Å²) in [6, 6.07) is 12.3. The van der Waals surface area contributed by atoms with Gasteiger partial charge in [-0.05, 0) is 31.2 Å². The van der Waals surface area contributed by atoms with Gasteiger partial charge in [0.25, 0.3) is 0 Å². The van der Waals surface area contributed by atoms with E-state index in [9.17, 15) is 4.79 Å². The van der Waals surface area contributed by atoms with Gasteiger partial charge in [-0.15, -0.1) is 0 Å². The van der Waals surface area contributed by atoms with Crippen LogP contribution in [0.4, 0.5) is 11.6 Å². The van der Waals surface area contributed by atoms with Gasteiger partial charge in [0.2, 0.25) is 5.91 Å². The Hall–Kier alpha value is -2.63. The first-order valence-electron chi connectivity index (χ1n) is 9.78. The first-order valence-corrected chi connectivity index (χ1v) is 9.78. The number of nitrogen functional groups attached to an aromatic ring is 1. The number of piperidine rings is 2. The number of anilines is 2. The molecule has 1 aromatic heterocycles. The van der Waals surface area contributed by atoms with Gasteiger partial charge in [-0.2, -0.15) is 0 Å². The number of carbonyl (C=O) groups excluding carboxylic acids is 1. The molecule has 142 valence electrons. The molecule has 6 heteroatoms. The Labute approximate surface area is 160 Å². The molecule has 2 fully saturated rings. The van der Waals surface area contributed by atoms with Crippen LogP contribution < -0.4 is 10.6 Å². The Bertz CT molecular complexity index is 796. The maximum atomic E-state index is 12.5. The van der Waals surface area contributed by atoms with Crippen LogP contribution in [0.25, 0.3) is 0 Å². The smallest absolute Gasteiger partial charge is 0.222 e. The summed E-state index contributed by atoms with van der Waals surface area (Å²) in [6.45, 7) is 3.55. The molecule has 2 aliphatic rings. The molecule has 1 unspecified atom stereocenters. The highest BCUT2D eigenvalue weighted by Gasteiger charge is 2.41. The largest absolute Gasteiger partial charge is 0.384 e. The number of hydrogen-bond acceptors (Lipinski definition) is 5. The molecule has 0 saturated carbocycles. The van der Waals surface area contributed by atoms with Crippen LogP contribution in [-0.4, -0.2) is 47.0 Å². The Morgan fingerprint density at radius 2 is 1.96 bits per heavy atom. The zero-order valence-corrected chi connectivity index (χ0v) is 15.7. The van der Waals surface area contributed by atoms with E-state index >= 15 is 0 Å². The molecule has 1 amide bonds. The van der Waals surface area contributed by atoms with Gasteiger partial charge >= 0.3 is 0 Å². The summed E-state index contributed by atoms with van der Waals surface area (Å²) in [4.78, 5) is 25.3. The van der Waals surface area contributed by atoms with E-state index in [1.54, 1.807) is 0 Å². The second-order valence-corrected chi connectivity index (χ2v) is 7.88. The molecule has 1 spiro atoms. The van der Waals surface area contributed by atoms with Gasteiger partial charge < -0.3 is 15.5 Å². The predicted molar refractivity (Wildman–Crippen MR) is 106 cm³/mol. The van der Waals surface area contributed by atoms with Crippen molar-refractivity contribution in [3.8, 4) is 0 Å². The molecule has 3 heterocycles. The minimum atomic E-state index is 0.155. The van der Waals surface area contributed by atoms with Crippen LogP contribution >= 0.6 is 0 Å². The summed E-state index contributed by atoms with van der Waals surface area (Å²) in [5.41, 5.74) is 7.28. The molecular weight excluding hydrogens is 338 g/mol. The Balaban J connectivity index is 1.44. The lowest BCUT2D eigenvalue weighted by molar-refractivity contribution is -0.137. The molecule has 6 nitrogen and oxygen atoms in total. The quantitative estimate of drug-likeness (QED) is 0.901.